The van der Waals surface area contributed by atoms with Gasteiger partial charge in [-0.1, -0.05) is 191 Å². The Hall–Kier alpha value is -2.63. The van der Waals surface area contributed by atoms with Gasteiger partial charge in [-0.2, -0.15) is 0 Å². The summed E-state index contributed by atoms with van der Waals surface area (Å²) in [4.78, 5) is 37.2. The molecule has 0 saturated carbocycles. The topological polar surface area (TPSA) is 78.9 Å². The van der Waals surface area contributed by atoms with E-state index in [-0.39, 0.29) is 31.1 Å². The lowest BCUT2D eigenvalue weighted by Gasteiger charge is -2.18. The van der Waals surface area contributed by atoms with E-state index < -0.39 is 6.10 Å². The molecular weight excluding hydrogens is 673 g/mol. The first-order chi connectivity index (χ1) is 26.5. The van der Waals surface area contributed by atoms with Gasteiger partial charge in [0.2, 0.25) is 0 Å². The van der Waals surface area contributed by atoms with Crippen LogP contribution in [0.25, 0.3) is 0 Å². The SMILES string of the molecule is CC/C=C\C/C=C\C/C=C\C/C=C\CCCCCCCCCCCCCCC(=O)OCC(COC(=O)CCCCCCC)OC(=O)CCCCCCCC. The first-order valence-corrected chi connectivity index (χ1v) is 22.6. The fraction of sp³-hybridized carbons (Fsp3) is 0.771. The average molecular weight is 757 g/mol. The molecule has 0 radical (unpaired) electrons. The third-order valence-corrected chi connectivity index (χ3v) is 9.60. The number of ether oxygens (including phenoxy) is 3. The molecule has 0 spiro atoms. The highest BCUT2D eigenvalue weighted by atomic mass is 16.6. The number of hydrogen-bond acceptors (Lipinski definition) is 6. The van der Waals surface area contributed by atoms with Gasteiger partial charge in [0.15, 0.2) is 6.10 Å². The second-order valence-electron chi connectivity index (χ2n) is 14.9. The predicted octanol–water partition coefficient (Wildman–Crippen LogP) is 14.4. The van der Waals surface area contributed by atoms with E-state index in [1.54, 1.807) is 0 Å². The van der Waals surface area contributed by atoms with Gasteiger partial charge in [-0.15, -0.1) is 0 Å². The zero-order valence-electron chi connectivity index (χ0n) is 35.5. The van der Waals surface area contributed by atoms with Crippen LogP contribution in [0, 0.1) is 0 Å². The van der Waals surface area contributed by atoms with E-state index in [9.17, 15) is 14.4 Å². The molecule has 0 aliphatic heterocycles. The molecule has 0 aromatic carbocycles. The molecular formula is C48H84O6. The molecule has 0 aliphatic rings. The van der Waals surface area contributed by atoms with Gasteiger partial charge in [-0.05, 0) is 57.8 Å². The van der Waals surface area contributed by atoms with Crippen molar-refractivity contribution in [2.45, 2.75) is 226 Å². The Labute approximate surface area is 333 Å². The van der Waals surface area contributed by atoms with Gasteiger partial charge in [0.25, 0.3) is 0 Å². The summed E-state index contributed by atoms with van der Waals surface area (Å²) in [6, 6.07) is 0. The molecule has 0 amide bonds. The van der Waals surface area contributed by atoms with Crippen LogP contribution in [-0.2, 0) is 28.6 Å². The molecule has 0 rings (SSSR count). The van der Waals surface area contributed by atoms with Crippen LogP contribution in [0.4, 0.5) is 0 Å². The van der Waals surface area contributed by atoms with Gasteiger partial charge < -0.3 is 14.2 Å². The molecule has 0 aromatic heterocycles. The standard InChI is InChI=1S/C48H84O6/c1-4-7-10-13-15-16-17-18-19-20-21-22-23-24-25-26-27-28-29-30-31-32-33-36-38-41-47(50)53-44-45(43-52-46(49)40-37-34-12-9-6-3)54-48(51)42-39-35-14-11-8-5-2/h7,10,15-16,18-19,21-22,45H,4-6,8-9,11-14,17,20,23-44H2,1-3H3/b10-7-,16-15-,19-18-,22-21-. The van der Waals surface area contributed by atoms with Crippen LogP contribution in [-0.4, -0.2) is 37.2 Å². The second kappa shape index (κ2) is 43.1. The largest absolute Gasteiger partial charge is 0.462 e. The zero-order valence-corrected chi connectivity index (χ0v) is 35.5. The summed E-state index contributed by atoms with van der Waals surface area (Å²) in [5.74, 6) is -0.901. The number of carbonyl (C=O) groups excluding carboxylic acids is 3. The number of hydrogen-bond donors (Lipinski definition) is 0. The van der Waals surface area contributed by atoms with Gasteiger partial charge >= 0.3 is 17.9 Å². The Bertz CT molecular complexity index is 964. The molecule has 54 heavy (non-hydrogen) atoms. The van der Waals surface area contributed by atoms with E-state index in [1.165, 1.54) is 89.9 Å². The fourth-order valence-corrected chi connectivity index (χ4v) is 6.20. The Balaban J connectivity index is 3.95. The van der Waals surface area contributed by atoms with Crippen molar-refractivity contribution in [3.05, 3.63) is 48.6 Å². The molecule has 6 nitrogen and oxygen atoms in total. The quantitative estimate of drug-likeness (QED) is 0.0268. The number of allylic oxidation sites excluding steroid dienone is 8. The average Bonchev–Trinajstić information content (AvgIpc) is 3.17. The minimum absolute atomic E-state index is 0.0733. The highest BCUT2D eigenvalue weighted by molar-refractivity contribution is 5.71. The number of unbranched alkanes of at least 4 members (excludes halogenated alkanes) is 21. The molecule has 0 saturated heterocycles. The monoisotopic (exact) mass is 757 g/mol. The lowest BCUT2D eigenvalue weighted by molar-refractivity contribution is -0.167. The summed E-state index contributed by atoms with van der Waals surface area (Å²) >= 11 is 0. The number of esters is 3. The lowest BCUT2D eigenvalue weighted by atomic mass is 10.0. The Morgan fingerprint density at radius 2 is 0.722 bits per heavy atom. The van der Waals surface area contributed by atoms with Gasteiger partial charge in [0.05, 0.1) is 0 Å². The summed E-state index contributed by atoms with van der Waals surface area (Å²) in [7, 11) is 0. The predicted molar refractivity (Wildman–Crippen MR) is 229 cm³/mol. The molecule has 1 atom stereocenters. The van der Waals surface area contributed by atoms with Crippen molar-refractivity contribution in [1.29, 1.82) is 0 Å². The van der Waals surface area contributed by atoms with Gasteiger partial charge in [0.1, 0.15) is 13.2 Å². The highest BCUT2D eigenvalue weighted by Gasteiger charge is 2.19. The molecule has 0 heterocycles. The molecule has 6 heteroatoms. The van der Waals surface area contributed by atoms with Crippen molar-refractivity contribution in [2.75, 3.05) is 13.2 Å². The Kier molecular flexibility index (Phi) is 41.0. The summed E-state index contributed by atoms with van der Waals surface area (Å²) < 4.78 is 16.5. The van der Waals surface area contributed by atoms with E-state index in [4.69, 9.17) is 14.2 Å². The normalized spacial score (nSPS) is 12.4. The highest BCUT2D eigenvalue weighted by Crippen LogP contribution is 2.14. The third kappa shape index (κ3) is 40.6. The Morgan fingerprint density at radius 1 is 0.389 bits per heavy atom. The minimum atomic E-state index is -0.762. The zero-order chi connectivity index (χ0) is 39.4. The maximum atomic E-state index is 12.5. The van der Waals surface area contributed by atoms with Crippen LogP contribution >= 0.6 is 0 Å². The number of carbonyl (C=O) groups is 3. The molecule has 312 valence electrons. The van der Waals surface area contributed by atoms with Crippen LogP contribution < -0.4 is 0 Å². The van der Waals surface area contributed by atoms with Crippen molar-refractivity contribution in [3.8, 4) is 0 Å². The number of rotatable bonds is 40. The molecule has 0 aromatic rings. The molecule has 0 aliphatic carbocycles. The maximum Gasteiger partial charge on any atom is 0.306 e. The van der Waals surface area contributed by atoms with Crippen LogP contribution in [0.1, 0.15) is 220 Å². The summed E-state index contributed by atoms with van der Waals surface area (Å²) in [6.07, 6.45) is 50.2. The van der Waals surface area contributed by atoms with Gasteiger partial charge in [-0.3, -0.25) is 14.4 Å². The van der Waals surface area contributed by atoms with Crippen molar-refractivity contribution in [1.82, 2.24) is 0 Å². The smallest absolute Gasteiger partial charge is 0.306 e. The van der Waals surface area contributed by atoms with E-state index in [0.717, 1.165) is 89.9 Å². The van der Waals surface area contributed by atoms with Crippen molar-refractivity contribution < 1.29 is 28.6 Å². The first-order valence-electron chi connectivity index (χ1n) is 22.6. The van der Waals surface area contributed by atoms with Gasteiger partial charge in [0, 0.05) is 19.3 Å². The lowest BCUT2D eigenvalue weighted by Crippen LogP contribution is -2.30. The third-order valence-electron chi connectivity index (χ3n) is 9.60. The summed E-state index contributed by atoms with van der Waals surface area (Å²) in [5, 5.41) is 0. The fourth-order valence-electron chi connectivity index (χ4n) is 6.20. The molecule has 0 bridgehead atoms. The summed E-state index contributed by atoms with van der Waals surface area (Å²) in [6.45, 7) is 6.37. The molecule has 0 fully saturated rings. The maximum absolute atomic E-state index is 12.5. The van der Waals surface area contributed by atoms with Crippen LogP contribution in [0.2, 0.25) is 0 Å². The molecule has 1 unspecified atom stereocenters. The second-order valence-corrected chi connectivity index (χ2v) is 14.9. The summed E-state index contributed by atoms with van der Waals surface area (Å²) in [5.41, 5.74) is 0. The van der Waals surface area contributed by atoms with E-state index >= 15 is 0 Å². The minimum Gasteiger partial charge on any atom is -0.462 e. The van der Waals surface area contributed by atoms with E-state index in [0.29, 0.717) is 19.3 Å². The van der Waals surface area contributed by atoms with Crippen molar-refractivity contribution in [3.63, 3.8) is 0 Å². The van der Waals surface area contributed by atoms with E-state index in [1.807, 2.05) is 0 Å². The van der Waals surface area contributed by atoms with Crippen molar-refractivity contribution >= 4 is 17.9 Å². The molecule has 0 N–H and O–H groups in total. The Morgan fingerprint density at radius 3 is 1.13 bits per heavy atom. The van der Waals surface area contributed by atoms with E-state index in [2.05, 4.69) is 69.4 Å². The first kappa shape index (κ1) is 51.4. The van der Waals surface area contributed by atoms with Gasteiger partial charge in [-0.25, -0.2) is 0 Å². The van der Waals surface area contributed by atoms with Crippen molar-refractivity contribution in [2.24, 2.45) is 0 Å². The van der Waals surface area contributed by atoms with Crippen LogP contribution in [0.5, 0.6) is 0 Å². The van der Waals surface area contributed by atoms with Crippen LogP contribution in [0.15, 0.2) is 48.6 Å². The van der Waals surface area contributed by atoms with Crippen LogP contribution in [0.3, 0.4) is 0 Å².